The third-order valence-electron chi connectivity index (χ3n) is 4.78. The molecule has 0 saturated heterocycles. The molecule has 1 aliphatic rings. The molecule has 122 valence electrons. The van der Waals surface area contributed by atoms with Crippen LogP contribution in [0.15, 0.2) is 24.3 Å². The minimum atomic E-state index is -0.782. The zero-order chi connectivity index (χ0) is 16.2. The average Bonchev–Trinajstić information content (AvgIpc) is 2.93. The number of amides is 1. The number of benzene rings is 1. The molecule has 1 amide bonds. The van der Waals surface area contributed by atoms with Gasteiger partial charge in [-0.05, 0) is 37.8 Å². The Kier molecular flexibility index (Phi) is 5.46. The number of likely N-dealkylation sites (N-methyl/N-ethyl adjacent to an activating group) is 1. The van der Waals surface area contributed by atoms with Crippen molar-refractivity contribution in [2.75, 3.05) is 14.2 Å². The predicted molar refractivity (Wildman–Crippen MR) is 87.0 cm³/mol. The second-order valence-electron chi connectivity index (χ2n) is 6.48. The van der Waals surface area contributed by atoms with Gasteiger partial charge in [0.1, 0.15) is 5.75 Å². The molecule has 2 rings (SSSR count). The number of para-hydroxylation sites is 1. The molecule has 0 aliphatic heterocycles. The molecule has 0 heterocycles. The number of nitrogens with zero attached hydrogens (tertiary/aromatic N) is 1. The molecule has 0 radical (unpaired) electrons. The molecule has 0 bridgehead atoms. The van der Waals surface area contributed by atoms with Crippen LogP contribution in [0.3, 0.4) is 0 Å². The topological polar surface area (TPSA) is 49.8 Å². The molecular weight excluding hydrogens is 278 g/mol. The lowest BCUT2D eigenvalue weighted by Crippen LogP contribution is -2.41. The van der Waals surface area contributed by atoms with Gasteiger partial charge in [0.2, 0.25) is 5.91 Å². The Bertz CT molecular complexity index is 509. The molecule has 1 aromatic carbocycles. The van der Waals surface area contributed by atoms with Crippen LogP contribution in [0.2, 0.25) is 0 Å². The van der Waals surface area contributed by atoms with Crippen LogP contribution in [-0.4, -0.2) is 41.7 Å². The van der Waals surface area contributed by atoms with Crippen LogP contribution in [0.5, 0.6) is 5.75 Å². The first kappa shape index (κ1) is 16.8. The van der Waals surface area contributed by atoms with Gasteiger partial charge in [-0.1, -0.05) is 31.0 Å². The van der Waals surface area contributed by atoms with Crippen LogP contribution in [0.1, 0.15) is 44.6 Å². The normalized spacial score (nSPS) is 18.0. The maximum Gasteiger partial charge on any atom is 0.225 e. The largest absolute Gasteiger partial charge is 0.496 e. The summed E-state index contributed by atoms with van der Waals surface area (Å²) in [5.74, 6) is 0.872. The Balaban J connectivity index is 1.96. The SMILES string of the molecule is COc1ccccc1CC(C)N(C)C(=O)CC1(O)CCCC1. The molecule has 4 heteroatoms. The van der Waals surface area contributed by atoms with E-state index in [0.717, 1.165) is 43.4 Å². The monoisotopic (exact) mass is 305 g/mol. The number of hydrogen-bond donors (Lipinski definition) is 1. The lowest BCUT2D eigenvalue weighted by molar-refractivity contribution is -0.136. The minimum absolute atomic E-state index is 0.0202. The summed E-state index contributed by atoms with van der Waals surface area (Å²) >= 11 is 0. The Morgan fingerprint density at radius 2 is 2.00 bits per heavy atom. The first-order valence-corrected chi connectivity index (χ1v) is 8.05. The van der Waals surface area contributed by atoms with Crippen LogP contribution in [0, 0.1) is 0 Å². The quantitative estimate of drug-likeness (QED) is 0.879. The smallest absolute Gasteiger partial charge is 0.225 e. The number of carbonyl (C=O) groups is 1. The molecule has 1 fully saturated rings. The van der Waals surface area contributed by atoms with Crippen LogP contribution < -0.4 is 4.74 Å². The zero-order valence-electron chi connectivity index (χ0n) is 13.8. The van der Waals surface area contributed by atoms with Gasteiger partial charge < -0.3 is 14.7 Å². The van der Waals surface area contributed by atoms with Crippen molar-refractivity contribution in [2.24, 2.45) is 0 Å². The van der Waals surface area contributed by atoms with Crippen molar-refractivity contribution in [2.45, 2.75) is 57.1 Å². The van der Waals surface area contributed by atoms with Crippen molar-refractivity contribution in [1.82, 2.24) is 4.90 Å². The molecular formula is C18H27NO3. The third kappa shape index (κ3) is 4.01. The van der Waals surface area contributed by atoms with Crippen molar-refractivity contribution in [1.29, 1.82) is 0 Å². The maximum absolute atomic E-state index is 12.4. The van der Waals surface area contributed by atoms with Crippen LogP contribution in [0.25, 0.3) is 0 Å². The summed E-state index contributed by atoms with van der Waals surface area (Å²) in [4.78, 5) is 14.2. The molecule has 1 aliphatic carbocycles. The van der Waals surface area contributed by atoms with Gasteiger partial charge >= 0.3 is 0 Å². The molecule has 22 heavy (non-hydrogen) atoms. The molecule has 0 spiro atoms. The fourth-order valence-corrected chi connectivity index (χ4v) is 3.19. The highest BCUT2D eigenvalue weighted by Gasteiger charge is 2.35. The number of hydrogen-bond acceptors (Lipinski definition) is 3. The second kappa shape index (κ2) is 7.14. The Labute approximate surface area is 133 Å². The summed E-state index contributed by atoms with van der Waals surface area (Å²) < 4.78 is 5.37. The van der Waals surface area contributed by atoms with Gasteiger partial charge in [0.05, 0.1) is 19.1 Å². The van der Waals surface area contributed by atoms with Gasteiger partial charge in [-0.3, -0.25) is 4.79 Å². The van der Waals surface area contributed by atoms with Gasteiger partial charge in [0.25, 0.3) is 0 Å². The van der Waals surface area contributed by atoms with E-state index in [1.165, 1.54) is 0 Å². The fourth-order valence-electron chi connectivity index (χ4n) is 3.19. The van der Waals surface area contributed by atoms with E-state index in [-0.39, 0.29) is 18.4 Å². The zero-order valence-corrected chi connectivity index (χ0v) is 13.8. The van der Waals surface area contributed by atoms with Crippen LogP contribution in [-0.2, 0) is 11.2 Å². The van der Waals surface area contributed by atoms with Gasteiger partial charge in [-0.25, -0.2) is 0 Å². The van der Waals surface area contributed by atoms with Crippen molar-refractivity contribution in [3.63, 3.8) is 0 Å². The Morgan fingerprint density at radius 3 is 2.64 bits per heavy atom. The molecule has 0 aromatic heterocycles. The highest BCUT2D eigenvalue weighted by molar-refractivity contribution is 5.77. The first-order valence-electron chi connectivity index (χ1n) is 8.05. The van der Waals surface area contributed by atoms with Crippen molar-refractivity contribution < 1.29 is 14.6 Å². The lowest BCUT2D eigenvalue weighted by atomic mass is 9.96. The van der Waals surface area contributed by atoms with Gasteiger partial charge in [-0.2, -0.15) is 0 Å². The summed E-state index contributed by atoms with van der Waals surface area (Å²) in [5.41, 5.74) is 0.312. The van der Waals surface area contributed by atoms with Crippen molar-refractivity contribution in [3.05, 3.63) is 29.8 Å². The fraction of sp³-hybridized carbons (Fsp3) is 0.611. The number of rotatable bonds is 6. The van der Waals surface area contributed by atoms with E-state index < -0.39 is 5.60 Å². The third-order valence-corrected chi connectivity index (χ3v) is 4.78. The standard InChI is InChI=1S/C18H27NO3/c1-14(12-15-8-4-5-9-16(15)22-3)19(2)17(20)13-18(21)10-6-7-11-18/h4-5,8-9,14,21H,6-7,10-13H2,1-3H3. The summed E-state index contributed by atoms with van der Waals surface area (Å²) in [6, 6.07) is 7.95. The van der Waals surface area contributed by atoms with Crippen molar-refractivity contribution >= 4 is 5.91 Å². The number of aliphatic hydroxyl groups is 1. The van der Waals surface area contributed by atoms with Crippen molar-refractivity contribution in [3.8, 4) is 5.75 Å². The lowest BCUT2D eigenvalue weighted by Gasteiger charge is -2.29. The molecule has 1 N–H and O–H groups in total. The highest BCUT2D eigenvalue weighted by atomic mass is 16.5. The summed E-state index contributed by atoms with van der Waals surface area (Å²) in [6.45, 7) is 2.03. The molecule has 1 unspecified atom stereocenters. The molecule has 1 atom stereocenters. The van der Waals surface area contributed by atoms with E-state index >= 15 is 0 Å². The van der Waals surface area contributed by atoms with E-state index in [1.807, 2.05) is 38.2 Å². The second-order valence-corrected chi connectivity index (χ2v) is 6.48. The average molecular weight is 305 g/mol. The highest BCUT2D eigenvalue weighted by Crippen LogP contribution is 2.33. The predicted octanol–water partition coefficient (Wildman–Crippen LogP) is 2.78. The van der Waals surface area contributed by atoms with E-state index in [4.69, 9.17) is 4.74 Å². The number of carbonyl (C=O) groups excluding carboxylic acids is 1. The summed E-state index contributed by atoms with van der Waals surface area (Å²) in [5, 5.41) is 10.4. The Morgan fingerprint density at radius 1 is 1.36 bits per heavy atom. The van der Waals surface area contributed by atoms with Crippen LogP contribution >= 0.6 is 0 Å². The Hall–Kier alpha value is -1.55. The van der Waals surface area contributed by atoms with E-state index in [9.17, 15) is 9.90 Å². The maximum atomic E-state index is 12.4. The molecule has 1 saturated carbocycles. The van der Waals surface area contributed by atoms with Gasteiger partial charge in [0, 0.05) is 13.1 Å². The number of ether oxygens (including phenoxy) is 1. The molecule has 1 aromatic rings. The van der Waals surface area contributed by atoms with Crippen LogP contribution in [0.4, 0.5) is 0 Å². The van der Waals surface area contributed by atoms with Gasteiger partial charge in [-0.15, -0.1) is 0 Å². The minimum Gasteiger partial charge on any atom is -0.496 e. The first-order chi connectivity index (χ1) is 10.4. The van der Waals surface area contributed by atoms with E-state index in [2.05, 4.69) is 0 Å². The van der Waals surface area contributed by atoms with E-state index in [1.54, 1.807) is 12.0 Å². The number of methoxy groups -OCH3 is 1. The van der Waals surface area contributed by atoms with Gasteiger partial charge in [0.15, 0.2) is 0 Å². The summed E-state index contributed by atoms with van der Waals surface area (Å²) in [7, 11) is 3.48. The molecule has 4 nitrogen and oxygen atoms in total. The summed E-state index contributed by atoms with van der Waals surface area (Å²) in [6.07, 6.45) is 4.50. The van der Waals surface area contributed by atoms with E-state index in [0.29, 0.717) is 0 Å².